The number of rotatable bonds is 5. The average Bonchev–Trinajstić information content (AvgIpc) is 3.06. The summed E-state index contributed by atoms with van der Waals surface area (Å²) < 4.78 is 1.03. The number of amides is 1. The molecule has 0 aliphatic heterocycles. The van der Waals surface area contributed by atoms with Crippen LogP contribution in [0, 0.1) is 13.8 Å². The summed E-state index contributed by atoms with van der Waals surface area (Å²) in [6.45, 7) is 8.00. The first-order chi connectivity index (χ1) is 12.5. The molecule has 3 rings (SSSR count). The predicted molar refractivity (Wildman–Crippen MR) is 108 cm³/mol. The lowest BCUT2D eigenvalue weighted by molar-refractivity contribution is 0.102. The summed E-state index contributed by atoms with van der Waals surface area (Å²) in [6, 6.07) is 5.48. The Hall–Kier alpha value is -2.80. The third kappa shape index (κ3) is 3.72. The first-order valence-electron chi connectivity index (χ1n) is 8.41. The summed E-state index contributed by atoms with van der Waals surface area (Å²) in [6.07, 6.45) is 4.09. The number of carbonyl (C=O) groups is 1. The summed E-state index contributed by atoms with van der Waals surface area (Å²) in [4.78, 5) is 21.1. The van der Waals surface area contributed by atoms with Gasteiger partial charge in [-0.15, -0.1) is 0 Å². The average molecular weight is 367 g/mol. The van der Waals surface area contributed by atoms with Crippen LogP contribution in [-0.4, -0.2) is 21.6 Å². The van der Waals surface area contributed by atoms with Crippen LogP contribution in [0.25, 0.3) is 10.2 Å². The van der Waals surface area contributed by atoms with Gasteiger partial charge < -0.3 is 5.32 Å². The Balaban J connectivity index is 1.93. The van der Waals surface area contributed by atoms with Gasteiger partial charge in [0.1, 0.15) is 0 Å². The number of aromatic nitrogens is 2. The van der Waals surface area contributed by atoms with Crippen LogP contribution < -0.4 is 10.7 Å². The van der Waals surface area contributed by atoms with E-state index in [0.29, 0.717) is 5.56 Å². The van der Waals surface area contributed by atoms with Crippen molar-refractivity contribution in [2.24, 2.45) is 5.10 Å². The molecule has 0 fully saturated rings. The minimum atomic E-state index is -0.172. The quantitative estimate of drug-likeness (QED) is 0.503. The molecule has 6 nitrogen and oxygen atoms in total. The molecule has 0 aliphatic carbocycles. The molecule has 0 aliphatic rings. The van der Waals surface area contributed by atoms with Gasteiger partial charge in [0.15, 0.2) is 0 Å². The second-order valence-corrected chi connectivity index (χ2v) is 7.07. The number of thiazole rings is 1. The molecule has 3 aromatic rings. The maximum atomic E-state index is 12.5. The zero-order valence-corrected chi connectivity index (χ0v) is 16.1. The van der Waals surface area contributed by atoms with Crippen molar-refractivity contribution >= 4 is 44.0 Å². The molecule has 0 atom stereocenters. The first-order valence-corrected chi connectivity index (χ1v) is 9.22. The van der Waals surface area contributed by atoms with E-state index in [1.54, 1.807) is 24.5 Å². The van der Waals surface area contributed by atoms with Gasteiger partial charge in [-0.3, -0.25) is 15.2 Å². The molecule has 2 N–H and O–H groups in total. The highest BCUT2D eigenvalue weighted by Gasteiger charge is 2.15. The third-order valence-electron chi connectivity index (χ3n) is 4.13. The molecule has 1 amide bonds. The van der Waals surface area contributed by atoms with E-state index >= 15 is 0 Å². The van der Waals surface area contributed by atoms with Gasteiger partial charge in [-0.2, -0.15) is 5.10 Å². The number of fused-ring (bicyclic) bond motifs is 1. The highest BCUT2D eigenvalue weighted by atomic mass is 32.1. The minimum Gasteiger partial charge on any atom is -0.321 e. The molecule has 0 bridgehead atoms. The van der Waals surface area contributed by atoms with Crippen molar-refractivity contribution < 1.29 is 4.79 Å². The normalized spacial score (nSPS) is 11.6. The molecular formula is C19H21N5OS. The fourth-order valence-electron chi connectivity index (χ4n) is 2.53. The molecule has 0 radical (unpaired) electrons. The van der Waals surface area contributed by atoms with Crippen molar-refractivity contribution in [1.29, 1.82) is 0 Å². The van der Waals surface area contributed by atoms with Crippen LogP contribution >= 0.6 is 11.3 Å². The van der Waals surface area contributed by atoms with Gasteiger partial charge in [0.25, 0.3) is 5.91 Å². The second-order valence-electron chi connectivity index (χ2n) is 6.07. The Morgan fingerprint density at radius 2 is 2.15 bits per heavy atom. The highest BCUT2D eigenvalue weighted by molar-refractivity contribution is 7.22. The lowest BCUT2D eigenvalue weighted by atomic mass is 10.1. The van der Waals surface area contributed by atoms with E-state index in [9.17, 15) is 4.79 Å². The third-order valence-corrected chi connectivity index (χ3v) is 5.23. The summed E-state index contributed by atoms with van der Waals surface area (Å²) in [5.74, 6) is -0.172. The topological polar surface area (TPSA) is 79.3 Å². The van der Waals surface area contributed by atoms with Crippen LogP contribution in [0.4, 0.5) is 10.8 Å². The van der Waals surface area contributed by atoms with E-state index in [0.717, 1.165) is 44.3 Å². The number of hydrogen-bond donors (Lipinski definition) is 2. The van der Waals surface area contributed by atoms with Crippen molar-refractivity contribution in [3.8, 4) is 0 Å². The molecule has 7 heteroatoms. The second kappa shape index (κ2) is 7.61. The van der Waals surface area contributed by atoms with Crippen LogP contribution in [0.5, 0.6) is 0 Å². The van der Waals surface area contributed by atoms with E-state index < -0.39 is 0 Å². The molecule has 0 saturated heterocycles. The van der Waals surface area contributed by atoms with E-state index in [1.807, 2.05) is 26.8 Å². The number of anilines is 2. The maximum absolute atomic E-state index is 12.5. The Labute approximate surface area is 156 Å². The van der Waals surface area contributed by atoms with Crippen LogP contribution in [0.1, 0.15) is 41.8 Å². The van der Waals surface area contributed by atoms with Crippen molar-refractivity contribution in [3.05, 3.63) is 47.3 Å². The van der Waals surface area contributed by atoms with Crippen molar-refractivity contribution in [1.82, 2.24) is 9.97 Å². The molecule has 0 spiro atoms. The molecule has 0 saturated carbocycles. The minimum absolute atomic E-state index is 0.172. The molecule has 1 aromatic carbocycles. The van der Waals surface area contributed by atoms with E-state index in [4.69, 9.17) is 0 Å². The lowest BCUT2D eigenvalue weighted by Gasteiger charge is -2.12. The molecule has 2 heterocycles. The van der Waals surface area contributed by atoms with Crippen LogP contribution in [-0.2, 0) is 0 Å². The molecular weight excluding hydrogens is 346 g/mol. The zero-order valence-electron chi connectivity index (χ0n) is 15.3. The number of hydrogen-bond acceptors (Lipinski definition) is 6. The summed E-state index contributed by atoms with van der Waals surface area (Å²) in [5, 5.41) is 8.06. The van der Waals surface area contributed by atoms with Gasteiger partial charge in [0.05, 0.1) is 15.8 Å². The van der Waals surface area contributed by atoms with Gasteiger partial charge in [-0.05, 0) is 56.5 Å². The Kier molecular flexibility index (Phi) is 5.27. The fourth-order valence-corrected chi connectivity index (χ4v) is 3.42. The first kappa shape index (κ1) is 18.0. The monoisotopic (exact) mass is 367 g/mol. The van der Waals surface area contributed by atoms with Gasteiger partial charge in [0, 0.05) is 23.8 Å². The largest absolute Gasteiger partial charge is 0.321 e. The smallest absolute Gasteiger partial charge is 0.257 e. The molecule has 26 heavy (non-hydrogen) atoms. The Morgan fingerprint density at radius 1 is 1.35 bits per heavy atom. The molecule has 0 unspecified atom stereocenters. The number of pyridine rings is 1. The lowest BCUT2D eigenvalue weighted by Crippen LogP contribution is -2.14. The number of carbonyl (C=O) groups excluding carboxylic acids is 1. The molecule has 134 valence electrons. The Morgan fingerprint density at radius 3 is 2.85 bits per heavy atom. The zero-order chi connectivity index (χ0) is 18.7. The standard InChI is InChI=1S/C19H21N5OS/c1-5-12(3)23-24-19-21-15-9-11(2)16(13(4)17(15)26-19)22-18(25)14-7-6-8-20-10-14/h6-10H,5H2,1-4H3,(H,21,24)(H,22,25)/b23-12+. The number of nitrogens with zero attached hydrogens (tertiary/aromatic N) is 3. The van der Waals surface area contributed by atoms with E-state index in [1.165, 1.54) is 11.3 Å². The van der Waals surface area contributed by atoms with Crippen molar-refractivity contribution in [2.75, 3.05) is 10.7 Å². The summed E-state index contributed by atoms with van der Waals surface area (Å²) in [5.41, 5.74) is 8.25. The van der Waals surface area contributed by atoms with Gasteiger partial charge >= 0.3 is 0 Å². The Bertz CT molecular complexity index is 979. The maximum Gasteiger partial charge on any atom is 0.257 e. The fraction of sp³-hybridized carbons (Fsp3) is 0.263. The number of aryl methyl sites for hydroxylation is 2. The van der Waals surface area contributed by atoms with Crippen molar-refractivity contribution in [2.45, 2.75) is 34.1 Å². The summed E-state index contributed by atoms with van der Waals surface area (Å²) in [7, 11) is 0. The van der Waals surface area contributed by atoms with E-state index in [2.05, 4.69) is 32.7 Å². The summed E-state index contributed by atoms with van der Waals surface area (Å²) >= 11 is 1.53. The molecule has 2 aromatic heterocycles. The van der Waals surface area contributed by atoms with Gasteiger partial charge in [-0.1, -0.05) is 18.3 Å². The number of benzene rings is 1. The van der Waals surface area contributed by atoms with Crippen LogP contribution in [0.2, 0.25) is 0 Å². The predicted octanol–water partition coefficient (Wildman–Crippen LogP) is 4.76. The number of nitrogens with one attached hydrogen (secondary N) is 2. The van der Waals surface area contributed by atoms with Crippen LogP contribution in [0.3, 0.4) is 0 Å². The van der Waals surface area contributed by atoms with Gasteiger partial charge in [-0.25, -0.2) is 4.98 Å². The van der Waals surface area contributed by atoms with Gasteiger partial charge in [0.2, 0.25) is 5.13 Å². The number of hydrazone groups is 1. The van der Waals surface area contributed by atoms with Crippen molar-refractivity contribution in [3.63, 3.8) is 0 Å². The highest BCUT2D eigenvalue weighted by Crippen LogP contribution is 2.35. The van der Waals surface area contributed by atoms with E-state index in [-0.39, 0.29) is 5.91 Å². The van der Waals surface area contributed by atoms with Crippen LogP contribution in [0.15, 0.2) is 35.7 Å². The SMILES string of the molecule is CC/C(C)=N/Nc1nc2cc(C)c(NC(=O)c3cccnc3)c(C)c2s1.